The van der Waals surface area contributed by atoms with Gasteiger partial charge >= 0.3 is 0 Å². The van der Waals surface area contributed by atoms with Crippen LogP contribution < -0.4 is 5.32 Å². The van der Waals surface area contributed by atoms with E-state index in [1.54, 1.807) is 12.1 Å². The number of nitrogens with zero attached hydrogens (tertiary/aromatic N) is 1. The van der Waals surface area contributed by atoms with Crippen molar-refractivity contribution in [1.29, 1.82) is 0 Å². The van der Waals surface area contributed by atoms with Gasteiger partial charge in [-0.1, -0.05) is 41.4 Å². The second kappa shape index (κ2) is 9.38. The monoisotopic (exact) mass is 392 g/mol. The summed E-state index contributed by atoms with van der Waals surface area (Å²) in [5.74, 6) is -0.0282. The molecule has 0 atom stereocenters. The van der Waals surface area contributed by atoms with Crippen molar-refractivity contribution >= 4 is 34.8 Å². The number of aryl methyl sites for hydroxylation is 1. The van der Waals surface area contributed by atoms with Crippen LogP contribution in [0.25, 0.3) is 0 Å². The lowest BCUT2D eigenvalue weighted by atomic mass is 10.1. The maximum absolute atomic E-state index is 12.3. The van der Waals surface area contributed by atoms with Gasteiger partial charge in [-0.2, -0.15) is 0 Å². The molecule has 1 aliphatic rings. The Hall–Kier alpha value is -1.59. The number of amides is 1. The summed E-state index contributed by atoms with van der Waals surface area (Å²) >= 11 is 12.1. The first kappa shape index (κ1) is 19.2. The van der Waals surface area contributed by atoms with Crippen molar-refractivity contribution in [3.05, 3.63) is 63.6 Å². The molecule has 0 aliphatic carbocycles. The van der Waals surface area contributed by atoms with Crippen LogP contribution in [0.4, 0.5) is 5.69 Å². The van der Waals surface area contributed by atoms with Crippen LogP contribution in [0.3, 0.4) is 0 Å². The Morgan fingerprint density at radius 1 is 1.12 bits per heavy atom. The van der Waals surface area contributed by atoms with E-state index in [9.17, 15) is 4.79 Å². The maximum atomic E-state index is 12.3. The quantitative estimate of drug-likeness (QED) is 0.791. The Balaban J connectivity index is 1.52. The number of nitrogens with one attached hydrogen (secondary N) is 1. The van der Waals surface area contributed by atoms with Crippen molar-refractivity contribution in [1.82, 2.24) is 4.90 Å². The fraction of sp³-hybridized carbons (Fsp3) is 0.350. The number of halogens is 2. The van der Waals surface area contributed by atoms with E-state index in [0.29, 0.717) is 22.9 Å². The number of hydrogen-bond acceptors (Lipinski definition) is 3. The summed E-state index contributed by atoms with van der Waals surface area (Å²) in [4.78, 5) is 14.6. The molecule has 138 valence electrons. The third-order valence-electron chi connectivity index (χ3n) is 4.36. The number of morpholine rings is 1. The van der Waals surface area contributed by atoms with E-state index in [-0.39, 0.29) is 5.91 Å². The zero-order chi connectivity index (χ0) is 18.4. The van der Waals surface area contributed by atoms with Gasteiger partial charge in [-0.05, 0) is 41.8 Å². The topological polar surface area (TPSA) is 41.6 Å². The molecular weight excluding hydrogens is 371 g/mol. The first-order valence-electron chi connectivity index (χ1n) is 8.73. The van der Waals surface area contributed by atoms with Crippen LogP contribution in [0.1, 0.15) is 17.5 Å². The molecule has 6 heteroatoms. The van der Waals surface area contributed by atoms with Crippen molar-refractivity contribution in [3.8, 4) is 0 Å². The largest absolute Gasteiger partial charge is 0.379 e. The minimum Gasteiger partial charge on any atom is -0.379 e. The Labute approximate surface area is 164 Å². The van der Waals surface area contributed by atoms with Crippen LogP contribution in [0, 0.1) is 0 Å². The molecule has 0 unspecified atom stereocenters. The second-order valence-electron chi connectivity index (χ2n) is 6.37. The minimum atomic E-state index is -0.0282. The number of hydrogen-bond donors (Lipinski definition) is 1. The van der Waals surface area contributed by atoms with E-state index in [0.717, 1.165) is 44.1 Å². The molecule has 1 amide bonds. The predicted octanol–water partition coefficient (Wildman–Crippen LogP) is 4.40. The molecule has 1 saturated heterocycles. The molecule has 2 aromatic rings. The van der Waals surface area contributed by atoms with Crippen LogP contribution in [0.5, 0.6) is 0 Å². The smallest absolute Gasteiger partial charge is 0.224 e. The van der Waals surface area contributed by atoms with Gasteiger partial charge in [-0.15, -0.1) is 0 Å². The van der Waals surface area contributed by atoms with Gasteiger partial charge in [0, 0.05) is 41.8 Å². The molecule has 26 heavy (non-hydrogen) atoms. The van der Waals surface area contributed by atoms with E-state index < -0.39 is 0 Å². The standard InChI is InChI=1S/C20H22Cl2N2O2/c21-17-6-4-16(19(22)13-17)5-7-20(25)23-18-3-1-2-15(12-18)14-24-8-10-26-11-9-24/h1-4,6,12-13H,5,7-11,14H2,(H,23,25). The van der Waals surface area contributed by atoms with Crippen LogP contribution in [0.15, 0.2) is 42.5 Å². The van der Waals surface area contributed by atoms with Gasteiger partial charge in [0.05, 0.1) is 13.2 Å². The Kier molecular flexibility index (Phi) is 6.92. The number of ether oxygens (including phenoxy) is 1. The molecule has 0 spiro atoms. The van der Waals surface area contributed by atoms with Gasteiger partial charge in [-0.3, -0.25) is 9.69 Å². The molecule has 0 saturated carbocycles. The van der Waals surface area contributed by atoms with E-state index >= 15 is 0 Å². The molecule has 1 fully saturated rings. The summed E-state index contributed by atoms with van der Waals surface area (Å²) in [5, 5.41) is 4.16. The van der Waals surface area contributed by atoms with Gasteiger partial charge in [0.2, 0.25) is 5.91 Å². The van der Waals surface area contributed by atoms with Crippen LogP contribution in [-0.4, -0.2) is 37.1 Å². The van der Waals surface area contributed by atoms with Crippen molar-refractivity contribution in [3.63, 3.8) is 0 Å². The molecular formula is C20H22Cl2N2O2. The van der Waals surface area contributed by atoms with E-state index in [2.05, 4.69) is 16.3 Å². The zero-order valence-electron chi connectivity index (χ0n) is 14.5. The molecule has 1 aliphatic heterocycles. The van der Waals surface area contributed by atoms with Gasteiger partial charge in [0.25, 0.3) is 0 Å². The molecule has 0 aromatic heterocycles. The van der Waals surface area contributed by atoms with Gasteiger partial charge in [-0.25, -0.2) is 0 Å². The van der Waals surface area contributed by atoms with Crippen molar-refractivity contribution < 1.29 is 9.53 Å². The number of rotatable bonds is 6. The van der Waals surface area contributed by atoms with Gasteiger partial charge < -0.3 is 10.1 Å². The van der Waals surface area contributed by atoms with Crippen LogP contribution >= 0.6 is 23.2 Å². The highest BCUT2D eigenvalue weighted by Gasteiger charge is 2.11. The first-order valence-corrected chi connectivity index (χ1v) is 9.48. The Bertz CT molecular complexity index is 761. The number of anilines is 1. The summed E-state index contributed by atoms with van der Waals surface area (Å²) in [5.41, 5.74) is 2.93. The van der Waals surface area contributed by atoms with Crippen molar-refractivity contribution in [2.75, 3.05) is 31.6 Å². The lowest BCUT2D eigenvalue weighted by Gasteiger charge is -2.26. The van der Waals surface area contributed by atoms with Crippen molar-refractivity contribution in [2.45, 2.75) is 19.4 Å². The van der Waals surface area contributed by atoms with E-state index in [1.807, 2.05) is 24.3 Å². The highest BCUT2D eigenvalue weighted by atomic mass is 35.5. The third-order valence-corrected chi connectivity index (χ3v) is 4.94. The zero-order valence-corrected chi connectivity index (χ0v) is 16.0. The summed E-state index contributed by atoms with van der Waals surface area (Å²) in [6.45, 7) is 4.32. The third kappa shape index (κ3) is 5.71. The summed E-state index contributed by atoms with van der Waals surface area (Å²) in [6.07, 6.45) is 0.949. The number of benzene rings is 2. The summed E-state index contributed by atoms with van der Waals surface area (Å²) in [6, 6.07) is 13.3. The van der Waals surface area contributed by atoms with Crippen LogP contribution in [-0.2, 0) is 22.5 Å². The molecule has 1 N–H and O–H groups in total. The maximum Gasteiger partial charge on any atom is 0.224 e. The molecule has 0 bridgehead atoms. The predicted molar refractivity (Wildman–Crippen MR) is 106 cm³/mol. The molecule has 3 rings (SSSR count). The average Bonchev–Trinajstić information content (AvgIpc) is 2.62. The SMILES string of the molecule is O=C(CCc1ccc(Cl)cc1Cl)Nc1cccc(CN2CCOCC2)c1. The number of carbonyl (C=O) groups excluding carboxylic acids is 1. The van der Waals surface area contributed by atoms with Gasteiger partial charge in [0.15, 0.2) is 0 Å². The fourth-order valence-electron chi connectivity index (χ4n) is 2.96. The second-order valence-corrected chi connectivity index (χ2v) is 7.22. The highest BCUT2D eigenvalue weighted by Crippen LogP contribution is 2.22. The molecule has 0 radical (unpaired) electrons. The normalized spacial score (nSPS) is 15.0. The minimum absolute atomic E-state index is 0.0282. The van der Waals surface area contributed by atoms with Crippen molar-refractivity contribution in [2.24, 2.45) is 0 Å². The average molecular weight is 393 g/mol. The molecule has 2 aromatic carbocycles. The molecule has 1 heterocycles. The van der Waals surface area contributed by atoms with Gasteiger partial charge in [0.1, 0.15) is 0 Å². The summed E-state index contributed by atoms with van der Waals surface area (Å²) in [7, 11) is 0. The fourth-order valence-corrected chi connectivity index (χ4v) is 3.46. The van der Waals surface area contributed by atoms with Crippen LogP contribution in [0.2, 0.25) is 10.0 Å². The lowest BCUT2D eigenvalue weighted by molar-refractivity contribution is -0.116. The highest BCUT2D eigenvalue weighted by molar-refractivity contribution is 6.35. The number of carbonyl (C=O) groups is 1. The lowest BCUT2D eigenvalue weighted by Crippen LogP contribution is -2.35. The Morgan fingerprint density at radius 2 is 1.92 bits per heavy atom. The first-order chi connectivity index (χ1) is 12.6. The summed E-state index contributed by atoms with van der Waals surface area (Å²) < 4.78 is 5.38. The van der Waals surface area contributed by atoms with E-state index in [4.69, 9.17) is 27.9 Å². The molecule has 4 nitrogen and oxygen atoms in total. The van der Waals surface area contributed by atoms with E-state index in [1.165, 1.54) is 5.56 Å². The Morgan fingerprint density at radius 3 is 2.69 bits per heavy atom.